The molecular weight excluding hydrogens is 276 g/mol. The Morgan fingerprint density at radius 3 is 2.62 bits per heavy atom. The van der Waals surface area contributed by atoms with E-state index >= 15 is 0 Å². The molecule has 0 unspecified atom stereocenters. The zero-order chi connectivity index (χ0) is 15.6. The van der Waals surface area contributed by atoms with Gasteiger partial charge in [-0.2, -0.15) is 0 Å². The first kappa shape index (κ1) is 15.0. The van der Waals surface area contributed by atoms with Gasteiger partial charge in [-0.1, -0.05) is 12.5 Å². The van der Waals surface area contributed by atoms with Gasteiger partial charge in [0.25, 0.3) is 5.69 Å². The molecule has 0 aromatic heterocycles. The average molecular weight is 292 g/mol. The molecule has 1 aliphatic rings. The molecule has 0 bridgehead atoms. The van der Waals surface area contributed by atoms with E-state index in [1.54, 1.807) is 13.0 Å². The third-order valence-electron chi connectivity index (χ3n) is 3.93. The zero-order valence-electron chi connectivity index (χ0n) is 11.5. The SMILES string of the molecule is Cc1c(NC(=O)[C@@H]2CCC[C@@H]2C(=O)O)cccc1[N+](=O)[O-]. The molecule has 0 spiro atoms. The standard InChI is InChI=1S/C14H16N2O5/c1-8-11(6-3-7-12(8)16(20)21)15-13(17)9-4-2-5-10(9)14(18)19/h3,6-7,9-10H,2,4-5H2,1H3,(H,15,17)(H,18,19)/t9-,10+/m1/s1. The highest BCUT2D eigenvalue weighted by Gasteiger charge is 2.37. The van der Waals surface area contributed by atoms with Gasteiger partial charge in [0.05, 0.1) is 28.0 Å². The molecule has 1 aromatic carbocycles. The number of rotatable bonds is 4. The molecule has 2 rings (SSSR count). The lowest BCUT2D eigenvalue weighted by Crippen LogP contribution is -2.30. The Hall–Kier alpha value is -2.44. The molecule has 1 fully saturated rings. The normalized spacial score (nSPS) is 21.0. The molecule has 2 atom stereocenters. The summed E-state index contributed by atoms with van der Waals surface area (Å²) in [4.78, 5) is 33.7. The molecule has 2 N–H and O–H groups in total. The molecule has 1 aromatic rings. The van der Waals surface area contributed by atoms with Crippen molar-refractivity contribution in [2.45, 2.75) is 26.2 Å². The van der Waals surface area contributed by atoms with Crippen LogP contribution in [0.4, 0.5) is 11.4 Å². The first-order chi connectivity index (χ1) is 9.91. The van der Waals surface area contributed by atoms with Gasteiger partial charge in [0.15, 0.2) is 0 Å². The third kappa shape index (κ3) is 3.01. The van der Waals surface area contributed by atoms with Crippen LogP contribution in [0.2, 0.25) is 0 Å². The van der Waals surface area contributed by atoms with Crippen LogP contribution in [0, 0.1) is 28.9 Å². The highest BCUT2D eigenvalue weighted by Crippen LogP contribution is 2.33. The Morgan fingerprint density at radius 1 is 1.33 bits per heavy atom. The van der Waals surface area contributed by atoms with E-state index in [4.69, 9.17) is 5.11 Å². The number of amides is 1. The van der Waals surface area contributed by atoms with Crippen LogP contribution < -0.4 is 5.32 Å². The van der Waals surface area contributed by atoms with Crippen LogP contribution in [0.3, 0.4) is 0 Å². The number of carboxylic acid groups (broad SMARTS) is 1. The van der Waals surface area contributed by atoms with E-state index in [1.165, 1.54) is 12.1 Å². The van der Waals surface area contributed by atoms with Crippen LogP contribution in [-0.4, -0.2) is 21.9 Å². The van der Waals surface area contributed by atoms with E-state index in [1.807, 2.05) is 0 Å². The van der Waals surface area contributed by atoms with Crippen molar-refractivity contribution in [3.05, 3.63) is 33.9 Å². The number of nitrogens with one attached hydrogen (secondary N) is 1. The number of hydrogen-bond acceptors (Lipinski definition) is 4. The fourth-order valence-electron chi connectivity index (χ4n) is 2.75. The highest BCUT2D eigenvalue weighted by atomic mass is 16.6. The van der Waals surface area contributed by atoms with Crippen molar-refractivity contribution in [2.75, 3.05) is 5.32 Å². The lowest BCUT2D eigenvalue weighted by Gasteiger charge is -2.16. The first-order valence-corrected chi connectivity index (χ1v) is 6.69. The average Bonchev–Trinajstić information content (AvgIpc) is 2.90. The van der Waals surface area contributed by atoms with Crippen LogP contribution in [0.15, 0.2) is 18.2 Å². The number of benzene rings is 1. The van der Waals surface area contributed by atoms with E-state index in [9.17, 15) is 19.7 Å². The highest BCUT2D eigenvalue weighted by molar-refractivity contribution is 5.96. The second kappa shape index (κ2) is 5.90. The molecule has 7 nitrogen and oxygen atoms in total. The van der Waals surface area contributed by atoms with Crippen molar-refractivity contribution >= 4 is 23.3 Å². The topological polar surface area (TPSA) is 110 Å². The molecule has 0 heterocycles. The first-order valence-electron chi connectivity index (χ1n) is 6.69. The summed E-state index contributed by atoms with van der Waals surface area (Å²) < 4.78 is 0. The number of carbonyl (C=O) groups is 2. The van der Waals surface area contributed by atoms with Gasteiger partial charge in [-0.25, -0.2) is 0 Å². The fraction of sp³-hybridized carbons (Fsp3) is 0.429. The predicted molar refractivity (Wildman–Crippen MR) is 74.9 cm³/mol. The van der Waals surface area contributed by atoms with Gasteiger partial charge in [-0.05, 0) is 25.8 Å². The van der Waals surface area contributed by atoms with Crippen molar-refractivity contribution in [2.24, 2.45) is 11.8 Å². The van der Waals surface area contributed by atoms with Gasteiger partial charge < -0.3 is 10.4 Å². The van der Waals surface area contributed by atoms with Crippen molar-refractivity contribution in [3.63, 3.8) is 0 Å². The number of hydrogen-bond donors (Lipinski definition) is 2. The summed E-state index contributed by atoms with van der Waals surface area (Å²) in [5.41, 5.74) is 0.639. The Bertz CT molecular complexity index is 599. The number of carboxylic acids is 1. The minimum Gasteiger partial charge on any atom is -0.481 e. The number of nitro benzene ring substituents is 1. The van der Waals surface area contributed by atoms with Gasteiger partial charge in [-0.3, -0.25) is 19.7 Å². The largest absolute Gasteiger partial charge is 0.481 e. The molecule has 1 aliphatic carbocycles. The quantitative estimate of drug-likeness (QED) is 0.653. The Morgan fingerprint density at radius 2 is 2.00 bits per heavy atom. The maximum atomic E-state index is 12.2. The van der Waals surface area contributed by atoms with Crippen molar-refractivity contribution in [3.8, 4) is 0 Å². The number of nitrogens with zero attached hydrogens (tertiary/aromatic N) is 1. The second-order valence-electron chi connectivity index (χ2n) is 5.18. The van der Waals surface area contributed by atoms with E-state index < -0.39 is 22.7 Å². The summed E-state index contributed by atoms with van der Waals surface area (Å²) in [5.74, 6) is -2.61. The molecule has 7 heteroatoms. The van der Waals surface area contributed by atoms with Crippen molar-refractivity contribution in [1.29, 1.82) is 0 Å². The smallest absolute Gasteiger partial charge is 0.307 e. The molecular formula is C14H16N2O5. The number of carbonyl (C=O) groups excluding carboxylic acids is 1. The number of nitro groups is 1. The zero-order valence-corrected chi connectivity index (χ0v) is 11.5. The van der Waals surface area contributed by atoms with E-state index in [0.29, 0.717) is 30.5 Å². The summed E-state index contributed by atoms with van der Waals surface area (Å²) in [7, 11) is 0. The van der Waals surface area contributed by atoms with Gasteiger partial charge >= 0.3 is 5.97 Å². The Kier molecular flexibility index (Phi) is 4.21. The summed E-state index contributed by atoms with van der Waals surface area (Å²) in [6.45, 7) is 1.55. The minimum absolute atomic E-state index is 0.0750. The second-order valence-corrected chi connectivity index (χ2v) is 5.18. The molecule has 0 aliphatic heterocycles. The Balaban J connectivity index is 2.18. The summed E-state index contributed by atoms with van der Waals surface area (Å²) in [6.07, 6.45) is 1.71. The van der Waals surface area contributed by atoms with Crippen LogP contribution in [0.5, 0.6) is 0 Å². The molecule has 112 valence electrons. The Labute approximate surface area is 121 Å². The maximum absolute atomic E-state index is 12.2. The third-order valence-corrected chi connectivity index (χ3v) is 3.93. The van der Waals surface area contributed by atoms with Crippen LogP contribution in [0.25, 0.3) is 0 Å². The predicted octanol–water partition coefficient (Wildman–Crippen LogP) is 2.34. The lowest BCUT2D eigenvalue weighted by molar-refractivity contribution is -0.385. The van der Waals surface area contributed by atoms with E-state index in [-0.39, 0.29) is 11.6 Å². The van der Waals surface area contributed by atoms with Gasteiger partial charge in [-0.15, -0.1) is 0 Å². The van der Waals surface area contributed by atoms with Crippen LogP contribution in [-0.2, 0) is 9.59 Å². The van der Waals surface area contributed by atoms with Gasteiger partial charge in [0, 0.05) is 6.07 Å². The molecule has 1 saturated carbocycles. The summed E-state index contributed by atoms with van der Waals surface area (Å²) in [6, 6.07) is 4.43. The summed E-state index contributed by atoms with van der Waals surface area (Å²) >= 11 is 0. The van der Waals surface area contributed by atoms with Crippen molar-refractivity contribution in [1.82, 2.24) is 0 Å². The van der Waals surface area contributed by atoms with Gasteiger partial charge in [0.1, 0.15) is 0 Å². The molecule has 0 radical (unpaired) electrons. The minimum atomic E-state index is -0.969. The maximum Gasteiger partial charge on any atom is 0.307 e. The molecule has 0 saturated heterocycles. The van der Waals surface area contributed by atoms with Crippen molar-refractivity contribution < 1.29 is 19.6 Å². The monoisotopic (exact) mass is 292 g/mol. The number of anilines is 1. The van der Waals surface area contributed by atoms with Crippen LogP contribution in [0.1, 0.15) is 24.8 Å². The van der Waals surface area contributed by atoms with E-state index in [2.05, 4.69) is 5.32 Å². The molecule has 1 amide bonds. The summed E-state index contributed by atoms with van der Waals surface area (Å²) in [5, 5.41) is 22.6. The number of aliphatic carboxylic acids is 1. The van der Waals surface area contributed by atoms with E-state index in [0.717, 1.165) is 0 Å². The van der Waals surface area contributed by atoms with Crippen LogP contribution >= 0.6 is 0 Å². The molecule has 21 heavy (non-hydrogen) atoms. The lowest BCUT2D eigenvalue weighted by atomic mass is 9.95. The fourth-order valence-corrected chi connectivity index (χ4v) is 2.75. The van der Waals surface area contributed by atoms with Gasteiger partial charge in [0.2, 0.25) is 5.91 Å².